The predicted octanol–water partition coefficient (Wildman–Crippen LogP) is 1.00. The summed E-state index contributed by atoms with van der Waals surface area (Å²) in [7, 11) is 0. The van der Waals surface area contributed by atoms with Gasteiger partial charge in [0.15, 0.2) is 11.7 Å². The highest BCUT2D eigenvalue weighted by atomic mass is 19.1. The van der Waals surface area contributed by atoms with Crippen LogP contribution in [0.25, 0.3) is 0 Å². The summed E-state index contributed by atoms with van der Waals surface area (Å²) in [6, 6.07) is 0.865. The topological polar surface area (TPSA) is 104 Å². The number of ether oxygens (including phenoxy) is 1. The van der Waals surface area contributed by atoms with E-state index in [2.05, 4.69) is 5.32 Å². The van der Waals surface area contributed by atoms with Crippen molar-refractivity contribution >= 4 is 11.8 Å². The quantitative estimate of drug-likeness (QED) is 0.755. The largest absolute Gasteiger partial charge is 0.868 e. The number of carbonyl (C=O) groups excluding carboxylic acids is 2. The fourth-order valence-electron chi connectivity index (χ4n) is 4.70. The number of rotatable bonds is 3. The van der Waals surface area contributed by atoms with Gasteiger partial charge in [-0.3, -0.25) is 14.4 Å². The summed E-state index contributed by atoms with van der Waals surface area (Å²) in [6.45, 7) is -0.598. The smallest absolute Gasteiger partial charge is 0.272 e. The van der Waals surface area contributed by atoms with Crippen LogP contribution < -0.4 is 15.9 Å². The average Bonchev–Trinajstić information content (AvgIpc) is 3.10. The molecule has 3 heterocycles. The van der Waals surface area contributed by atoms with Crippen molar-refractivity contribution in [1.29, 1.82) is 0 Å². The van der Waals surface area contributed by atoms with Gasteiger partial charge in [0.25, 0.3) is 11.8 Å². The summed E-state index contributed by atoms with van der Waals surface area (Å²) < 4.78 is 47.8. The van der Waals surface area contributed by atoms with Crippen molar-refractivity contribution < 1.29 is 32.6 Å². The normalized spacial score (nSPS) is 23.7. The number of carbonyl (C=O) groups is 2. The van der Waals surface area contributed by atoms with Crippen molar-refractivity contribution in [3.63, 3.8) is 0 Å². The zero-order valence-corrected chi connectivity index (χ0v) is 16.6. The van der Waals surface area contributed by atoms with Crippen LogP contribution in [0.15, 0.2) is 23.1 Å². The molecule has 1 aliphatic carbocycles. The average molecular weight is 448 g/mol. The van der Waals surface area contributed by atoms with Gasteiger partial charge >= 0.3 is 0 Å². The summed E-state index contributed by atoms with van der Waals surface area (Å²) in [5, 5.41) is 14.8. The first kappa shape index (κ1) is 20.6. The molecule has 0 unspecified atom stereocenters. The third-order valence-corrected chi connectivity index (χ3v) is 6.21. The van der Waals surface area contributed by atoms with Crippen LogP contribution in [-0.2, 0) is 17.8 Å². The Bertz CT molecular complexity index is 1190. The number of nitrogens with one attached hydrogen (secondary N) is 1. The van der Waals surface area contributed by atoms with Gasteiger partial charge in [-0.05, 0) is 25.0 Å². The molecule has 168 valence electrons. The molecule has 2 bridgehead atoms. The van der Waals surface area contributed by atoms with Crippen LogP contribution in [0.4, 0.5) is 13.2 Å². The van der Waals surface area contributed by atoms with E-state index < -0.39 is 64.3 Å². The first-order valence-electron chi connectivity index (χ1n) is 10.1. The number of hydrogen-bond acceptors (Lipinski definition) is 5. The Kier molecular flexibility index (Phi) is 4.73. The molecule has 0 radical (unpaired) electrons. The number of pyridine rings is 1. The van der Waals surface area contributed by atoms with Gasteiger partial charge in [0.05, 0.1) is 12.6 Å². The Morgan fingerprint density at radius 2 is 1.91 bits per heavy atom. The molecule has 1 aromatic heterocycles. The lowest BCUT2D eigenvalue weighted by Crippen LogP contribution is -2.57. The summed E-state index contributed by atoms with van der Waals surface area (Å²) in [4.78, 5) is 39.6. The second kappa shape index (κ2) is 7.37. The summed E-state index contributed by atoms with van der Waals surface area (Å²) in [5.41, 5.74) is -2.70. The minimum atomic E-state index is -1.20. The van der Waals surface area contributed by atoms with Crippen LogP contribution in [0.1, 0.15) is 45.7 Å². The van der Waals surface area contributed by atoms with Gasteiger partial charge in [-0.25, -0.2) is 13.2 Å². The molecule has 0 spiro atoms. The maximum Gasteiger partial charge on any atom is 0.272 e. The van der Waals surface area contributed by atoms with E-state index in [4.69, 9.17) is 4.74 Å². The third kappa shape index (κ3) is 3.15. The molecule has 1 saturated carbocycles. The molecule has 32 heavy (non-hydrogen) atoms. The third-order valence-electron chi connectivity index (χ3n) is 6.21. The van der Waals surface area contributed by atoms with Crippen LogP contribution in [0.3, 0.4) is 0 Å². The maximum atomic E-state index is 13.8. The van der Waals surface area contributed by atoms with E-state index in [1.54, 1.807) is 0 Å². The minimum absolute atomic E-state index is 0.0185. The molecule has 2 aromatic rings. The van der Waals surface area contributed by atoms with Crippen LogP contribution in [0.2, 0.25) is 0 Å². The van der Waals surface area contributed by atoms with Crippen LogP contribution in [0.5, 0.6) is 5.75 Å². The van der Waals surface area contributed by atoms with Crippen molar-refractivity contribution in [3.8, 4) is 5.75 Å². The molecule has 2 amide bonds. The molecule has 1 saturated heterocycles. The highest BCUT2D eigenvalue weighted by molar-refractivity contribution is 5.99. The van der Waals surface area contributed by atoms with Crippen molar-refractivity contribution in [3.05, 3.63) is 62.8 Å². The first-order valence-corrected chi connectivity index (χ1v) is 10.1. The van der Waals surface area contributed by atoms with E-state index in [-0.39, 0.29) is 24.4 Å². The lowest BCUT2D eigenvalue weighted by Gasteiger charge is -2.45. The summed E-state index contributed by atoms with van der Waals surface area (Å²) >= 11 is 0. The zero-order valence-electron chi connectivity index (χ0n) is 16.6. The van der Waals surface area contributed by atoms with Crippen LogP contribution in [-0.4, -0.2) is 39.7 Å². The Hall–Kier alpha value is -3.34. The van der Waals surface area contributed by atoms with Crippen molar-refractivity contribution in [2.24, 2.45) is 0 Å². The lowest BCUT2D eigenvalue weighted by molar-refractivity contribution is -0.271. The summed E-state index contributed by atoms with van der Waals surface area (Å²) in [5.74, 6) is -6.31. The van der Waals surface area contributed by atoms with Gasteiger partial charge < -0.3 is 24.6 Å². The van der Waals surface area contributed by atoms with Crippen molar-refractivity contribution in [2.75, 3.05) is 0 Å². The van der Waals surface area contributed by atoms with E-state index in [1.807, 2.05) is 0 Å². The Morgan fingerprint density at radius 1 is 1.19 bits per heavy atom. The van der Waals surface area contributed by atoms with Crippen molar-refractivity contribution in [2.45, 2.75) is 50.7 Å². The minimum Gasteiger partial charge on any atom is -0.868 e. The number of nitrogens with zero attached hydrogens (tertiary/aromatic N) is 2. The molecule has 3 atom stereocenters. The van der Waals surface area contributed by atoms with E-state index in [0.717, 1.165) is 19.0 Å². The number of aromatic nitrogens is 1. The molecule has 2 aliphatic heterocycles. The molecule has 1 N–H and O–H groups in total. The first-order chi connectivity index (χ1) is 15.2. The van der Waals surface area contributed by atoms with E-state index >= 15 is 0 Å². The highest BCUT2D eigenvalue weighted by Crippen LogP contribution is 2.38. The van der Waals surface area contributed by atoms with Gasteiger partial charge in [-0.1, -0.05) is 0 Å². The highest BCUT2D eigenvalue weighted by Gasteiger charge is 2.46. The van der Waals surface area contributed by atoms with Gasteiger partial charge in [-0.2, -0.15) is 0 Å². The summed E-state index contributed by atoms with van der Waals surface area (Å²) in [6.07, 6.45) is 2.72. The molecular formula is C21H17F3N3O5-. The fourth-order valence-corrected chi connectivity index (χ4v) is 4.70. The monoisotopic (exact) mass is 448 g/mol. The van der Waals surface area contributed by atoms with Gasteiger partial charge in [0, 0.05) is 36.5 Å². The molecule has 8 nitrogen and oxygen atoms in total. The fraction of sp³-hybridized carbons (Fsp3) is 0.381. The Labute approximate surface area is 179 Å². The second-order valence-electron chi connectivity index (χ2n) is 8.12. The number of halogens is 3. The number of benzene rings is 1. The van der Waals surface area contributed by atoms with Gasteiger partial charge in [0.1, 0.15) is 28.7 Å². The Balaban J connectivity index is 1.44. The van der Waals surface area contributed by atoms with Gasteiger partial charge in [-0.15, -0.1) is 0 Å². The molecular weight excluding hydrogens is 431 g/mol. The molecule has 3 aliphatic rings. The van der Waals surface area contributed by atoms with Crippen molar-refractivity contribution in [1.82, 2.24) is 14.8 Å². The van der Waals surface area contributed by atoms with E-state index in [0.29, 0.717) is 18.6 Å². The van der Waals surface area contributed by atoms with Crippen LogP contribution in [0, 0.1) is 17.5 Å². The number of fused-ring (bicyclic) bond motifs is 5. The zero-order chi connectivity index (χ0) is 22.7. The standard InChI is InChI=1S/C21H18F3N3O5/c22-9-3-14(23)12(15(24)4-9)6-25-20(30)13-7-26-8-16-27(10-1-2-11(5-10)32-16)21(31)17(26)19(29)18(13)28/h3-4,7,10-11,16,29H,1-2,5-6,8H2,(H,25,30)/p-1/t10-,11+,16+/m0/s1. The molecule has 2 fully saturated rings. The SMILES string of the molecule is O=C(NCc1c(F)cc(F)cc1F)c1cn2c(c([O-])c1=O)C(=O)N1[C@H]3CC[C@H](C3)O[C@@H]1C2. The van der Waals surface area contributed by atoms with E-state index in [9.17, 15) is 32.7 Å². The second-order valence-corrected chi connectivity index (χ2v) is 8.12. The van der Waals surface area contributed by atoms with E-state index in [1.165, 1.54) is 9.47 Å². The predicted molar refractivity (Wildman–Crippen MR) is 100 cm³/mol. The lowest BCUT2D eigenvalue weighted by atomic mass is 10.1. The van der Waals surface area contributed by atoms with Crippen LogP contribution >= 0.6 is 0 Å². The molecule has 5 rings (SSSR count). The molecule has 11 heteroatoms. The maximum absolute atomic E-state index is 13.8. The number of amides is 2. The van der Waals surface area contributed by atoms with Gasteiger partial charge in [0.2, 0.25) is 0 Å². The molecule has 1 aromatic carbocycles. The number of hydrogen-bond donors (Lipinski definition) is 1. The Morgan fingerprint density at radius 3 is 2.62 bits per heavy atom.